The van der Waals surface area contributed by atoms with Gasteiger partial charge in [-0.25, -0.2) is 4.79 Å². The molecule has 1 heterocycles. The van der Waals surface area contributed by atoms with Gasteiger partial charge in [-0.2, -0.15) is 11.3 Å². The summed E-state index contributed by atoms with van der Waals surface area (Å²) in [5.41, 5.74) is 1.73. The zero-order valence-electron chi connectivity index (χ0n) is 10.7. The third-order valence-electron chi connectivity index (χ3n) is 2.93. The lowest BCUT2D eigenvalue weighted by Crippen LogP contribution is -2.31. The lowest BCUT2D eigenvalue weighted by molar-refractivity contribution is -0.142. The molecule has 0 spiro atoms. The number of rotatable bonds is 4. The molecule has 0 bridgehead atoms. The number of aromatic hydroxyl groups is 1. The number of phenols is 1. The summed E-state index contributed by atoms with van der Waals surface area (Å²) in [6, 6.07) is 7.99. The fraction of sp³-hybridized carbons (Fsp3) is 0.214. The van der Waals surface area contributed by atoms with Crippen molar-refractivity contribution in [1.82, 2.24) is 0 Å². The van der Waals surface area contributed by atoms with Crippen LogP contribution in [-0.4, -0.2) is 25.2 Å². The van der Waals surface area contributed by atoms with E-state index in [0.717, 1.165) is 11.3 Å². The van der Waals surface area contributed by atoms with Crippen LogP contribution in [0.1, 0.15) is 11.6 Å². The van der Waals surface area contributed by atoms with E-state index >= 15 is 0 Å². The van der Waals surface area contributed by atoms with Gasteiger partial charge in [0.25, 0.3) is 0 Å². The van der Waals surface area contributed by atoms with Gasteiger partial charge in [0, 0.05) is 18.1 Å². The molecular weight excluding hydrogens is 262 g/mol. The smallest absolute Gasteiger partial charge is 0.333 e. The molecule has 1 unspecified atom stereocenters. The van der Waals surface area contributed by atoms with Gasteiger partial charge in [-0.15, -0.1) is 0 Å². The zero-order chi connectivity index (χ0) is 13.8. The quantitative estimate of drug-likeness (QED) is 0.873. The second-order valence-electron chi connectivity index (χ2n) is 4.11. The Morgan fingerprint density at radius 2 is 2.00 bits per heavy atom. The molecule has 2 rings (SSSR count). The van der Waals surface area contributed by atoms with Gasteiger partial charge < -0.3 is 14.7 Å². The summed E-state index contributed by atoms with van der Waals surface area (Å²) in [6.45, 7) is 0. The van der Waals surface area contributed by atoms with Crippen LogP contribution in [0, 0.1) is 0 Å². The number of esters is 1. The highest BCUT2D eigenvalue weighted by Gasteiger charge is 2.26. The van der Waals surface area contributed by atoms with E-state index in [0.29, 0.717) is 0 Å². The maximum Gasteiger partial charge on any atom is 0.333 e. The van der Waals surface area contributed by atoms with E-state index < -0.39 is 6.04 Å². The van der Waals surface area contributed by atoms with Crippen molar-refractivity contribution in [2.75, 3.05) is 19.1 Å². The summed E-state index contributed by atoms with van der Waals surface area (Å²) in [5.74, 6) is -0.162. The number of methoxy groups -OCH3 is 1. The number of thiophene rings is 1. The highest BCUT2D eigenvalue weighted by molar-refractivity contribution is 7.08. The van der Waals surface area contributed by atoms with Gasteiger partial charge in [0.15, 0.2) is 6.04 Å². The molecule has 0 saturated carbocycles. The van der Waals surface area contributed by atoms with E-state index in [4.69, 9.17) is 4.74 Å². The van der Waals surface area contributed by atoms with Gasteiger partial charge in [-0.1, -0.05) is 12.1 Å². The molecule has 0 aliphatic heterocycles. The van der Waals surface area contributed by atoms with Crippen molar-refractivity contribution in [3.8, 4) is 5.75 Å². The summed E-state index contributed by atoms with van der Waals surface area (Å²) in [7, 11) is 3.22. The van der Waals surface area contributed by atoms with E-state index in [1.807, 2.05) is 28.8 Å². The van der Waals surface area contributed by atoms with E-state index in [9.17, 15) is 9.90 Å². The first kappa shape index (κ1) is 13.4. The number of hydrogen-bond acceptors (Lipinski definition) is 5. The number of anilines is 1. The molecule has 4 nitrogen and oxygen atoms in total. The molecule has 0 fully saturated rings. The van der Waals surface area contributed by atoms with Crippen LogP contribution >= 0.6 is 11.3 Å². The highest BCUT2D eigenvalue weighted by atomic mass is 32.1. The van der Waals surface area contributed by atoms with Gasteiger partial charge in [-0.05, 0) is 29.1 Å². The van der Waals surface area contributed by atoms with E-state index in [1.54, 1.807) is 35.6 Å². The van der Waals surface area contributed by atoms with Crippen molar-refractivity contribution < 1.29 is 14.6 Å². The van der Waals surface area contributed by atoms with Crippen molar-refractivity contribution in [2.24, 2.45) is 0 Å². The maximum absolute atomic E-state index is 12.0. The molecule has 19 heavy (non-hydrogen) atoms. The second-order valence-corrected chi connectivity index (χ2v) is 4.89. The minimum Gasteiger partial charge on any atom is -0.508 e. The number of nitrogens with zero attached hydrogens (tertiary/aromatic N) is 1. The summed E-state index contributed by atoms with van der Waals surface area (Å²) < 4.78 is 4.88. The Labute approximate surface area is 115 Å². The Kier molecular flexibility index (Phi) is 4.06. The predicted molar refractivity (Wildman–Crippen MR) is 75.6 cm³/mol. The molecule has 0 amide bonds. The Balaban J connectivity index is 2.36. The molecular formula is C14H15NO3S. The monoisotopic (exact) mass is 277 g/mol. The Hall–Kier alpha value is -2.01. The second kappa shape index (κ2) is 5.75. The lowest BCUT2D eigenvalue weighted by atomic mass is 10.1. The van der Waals surface area contributed by atoms with Gasteiger partial charge >= 0.3 is 5.97 Å². The highest BCUT2D eigenvalue weighted by Crippen LogP contribution is 2.29. The van der Waals surface area contributed by atoms with Crippen LogP contribution in [0.5, 0.6) is 5.75 Å². The SMILES string of the molecule is COC(=O)C(c1ccc(O)cc1)N(C)c1ccsc1. The topological polar surface area (TPSA) is 49.8 Å². The third kappa shape index (κ3) is 2.88. The van der Waals surface area contributed by atoms with Gasteiger partial charge in [0.2, 0.25) is 0 Å². The summed E-state index contributed by atoms with van der Waals surface area (Å²) in [5, 5.41) is 13.3. The van der Waals surface area contributed by atoms with Crippen LogP contribution in [0.3, 0.4) is 0 Å². The molecule has 0 aliphatic carbocycles. The number of likely N-dealkylation sites (N-methyl/N-ethyl adjacent to an activating group) is 1. The van der Waals surface area contributed by atoms with Crippen LogP contribution in [0.4, 0.5) is 5.69 Å². The Morgan fingerprint density at radius 3 is 2.53 bits per heavy atom. The predicted octanol–water partition coefficient (Wildman–Crippen LogP) is 2.80. The van der Waals surface area contributed by atoms with Crippen LogP contribution in [0.2, 0.25) is 0 Å². The fourth-order valence-electron chi connectivity index (χ4n) is 1.89. The number of benzene rings is 1. The van der Waals surface area contributed by atoms with Crippen molar-refractivity contribution in [3.05, 3.63) is 46.7 Å². The normalized spacial score (nSPS) is 11.9. The molecule has 0 saturated heterocycles. The average Bonchev–Trinajstić information content (AvgIpc) is 2.95. The van der Waals surface area contributed by atoms with Crippen molar-refractivity contribution in [3.63, 3.8) is 0 Å². The average molecular weight is 277 g/mol. The minimum atomic E-state index is -0.528. The van der Waals surface area contributed by atoms with E-state index in [2.05, 4.69) is 0 Å². The molecule has 100 valence electrons. The van der Waals surface area contributed by atoms with E-state index in [-0.39, 0.29) is 11.7 Å². The standard InChI is InChI=1S/C14H15NO3S/c1-15(11-7-8-19-9-11)13(14(17)18-2)10-3-5-12(16)6-4-10/h3-9,13,16H,1-2H3. The summed E-state index contributed by atoms with van der Waals surface area (Å²) in [6.07, 6.45) is 0. The van der Waals surface area contributed by atoms with Crippen molar-refractivity contribution >= 4 is 23.0 Å². The first-order chi connectivity index (χ1) is 9.13. The molecule has 1 atom stereocenters. The van der Waals surface area contributed by atoms with Crippen LogP contribution in [-0.2, 0) is 9.53 Å². The number of carbonyl (C=O) groups is 1. The zero-order valence-corrected chi connectivity index (χ0v) is 11.6. The van der Waals surface area contributed by atoms with Crippen LogP contribution < -0.4 is 4.90 Å². The van der Waals surface area contributed by atoms with Gasteiger partial charge in [-0.3, -0.25) is 0 Å². The first-order valence-corrected chi connectivity index (χ1v) is 6.69. The van der Waals surface area contributed by atoms with Gasteiger partial charge in [0.05, 0.1) is 7.11 Å². The Morgan fingerprint density at radius 1 is 1.32 bits per heavy atom. The first-order valence-electron chi connectivity index (χ1n) is 5.75. The van der Waals surface area contributed by atoms with E-state index in [1.165, 1.54) is 7.11 Å². The molecule has 0 radical (unpaired) electrons. The van der Waals surface area contributed by atoms with Crippen LogP contribution in [0.15, 0.2) is 41.1 Å². The summed E-state index contributed by atoms with van der Waals surface area (Å²) >= 11 is 1.57. The molecule has 1 aromatic heterocycles. The molecule has 1 N–H and O–H groups in total. The molecule has 1 aromatic carbocycles. The number of carbonyl (C=O) groups excluding carboxylic acids is 1. The number of ether oxygens (including phenoxy) is 1. The molecule has 2 aromatic rings. The summed E-state index contributed by atoms with van der Waals surface area (Å²) in [4.78, 5) is 13.9. The number of phenolic OH excluding ortho intramolecular Hbond substituents is 1. The van der Waals surface area contributed by atoms with Crippen molar-refractivity contribution in [2.45, 2.75) is 6.04 Å². The lowest BCUT2D eigenvalue weighted by Gasteiger charge is -2.27. The third-order valence-corrected chi connectivity index (χ3v) is 3.60. The Bertz CT molecular complexity index is 536. The van der Waals surface area contributed by atoms with Crippen LogP contribution in [0.25, 0.3) is 0 Å². The van der Waals surface area contributed by atoms with Crippen molar-refractivity contribution in [1.29, 1.82) is 0 Å². The number of hydrogen-bond donors (Lipinski definition) is 1. The maximum atomic E-state index is 12.0. The fourth-order valence-corrected chi connectivity index (χ4v) is 2.57. The molecule has 0 aliphatic rings. The van der Waals surface area contributed by atoms with Gasteiger partial charge in [0.1, 0.15) is 5.75 Å². The molecule has 5 heteroatoms. The minimum absolute atomic E-state index is 0.172. The largest absolute Gasteiger partial charge is 0.508 e.